The summed E-state index contributed by atoms with van der Waals surface area (Å²) in [6, 6.07) is 14.5. The van der Waals surface area contributed by atoms with Crippen molar-refractivity contribution in [3.63, 3.8) is 0 Å². The van der Waals surface area contributed by atoms with Crippen LogP contribution in [0.25, 0.3) is 0 Å². The minimum Gasteiger partial charge on any atom is -0.488 e. The number of carbonyl (C=O) groups excluding carboxylic acids is 2. The van der Waals surface area contributed by atoms with Gasteiger partial charge in [0, 0.05) is 6.54 Å². The van der Waals surface area contributed by atoms with Crippen molar-refractivity contribution in [2.75, 3.05) is 6.61 Å². The maximum Gasteiger partial charge on any atom is 0.342 e. The van der Waals surface area contributed by atoms with Gasteiger partial charge in [-0.2, -0.15) is 0 Å². The second-order valence-corrected chi connectivity index (χ2v) is 6.87. The summed E-state index contributed by atoms with van der Waals surface area (Å²) in [4.78, 5) is 24.5. The zero-order valence-corrected chi connectivity index (χ0v) is 17.2. The van der Waals surface area contributed by atoms with E-state index >= 15 is 0 Å². The molecular formula is C23H24N2O5. The van der Waals surface area contributed by atoms with Gasteiger partial charge in [0.1, 0.15) is 23.7 Å². The van der Waals surface area contributed by atoms with Gasteiger partial charge in [0.2, 0.25) is 0 Å². The van der Waals surface area contributed by atoms with E-state index in [0.29, 0.717) is 18.1 Å². The van der Waals surface area contributed by atoms with Crippen molar-refractivity contribution in [2.45, 2.75) is 33.9 Å². The first-order chi connectivity index (χ1) is 14.5. The molecule has 0 atom stereocenters. The van der Waals surface area contributed by atoms with Gasteiger partial charge in [-0.1, -0.05) is 41.6 Å². The highest BCUT2D eigenvalue weighted by Crippen LogP contribution is 2.22. The summed E-state index contributed by atoms with van der Waals surface area (Å²) in [5.41, 5.74) is 3.90. The van der Waals surface area contributed by atoms with Crippen LogP contribution in [-0.2, 0) is 22.7 Å². The van der Waals surface area contributed by atoms with Crippen LogP contribution in [0, 0.1) is 20.8 Å². The number of para-hydroxylation sites is 1. The lowest BCUT2D eigenvalue weighted by atomic mass is 10.1. The Morgan fingerprint density at radius 1 is 1.03 bits per heavy atom. The molecule has 0 saturated heterocycles. The lowest BCUT2D eigenvalue weighted by Crippen LogP contribution is -2.28. The van der Waals surface area contributed by atoms with E-state index in [9.17, 15) is 9.59 Å². The van der Waals surface area contributed by atoms with Crippen LogP contribution in [0.15, 0.2) is 53.1 Å². The number of benzene rings is 2. The molecule has 1 N–H and O–H groups in total. The molecule has 30 heavy (non-hydrogen) atoms. The first-order valence-electron chi connectivity index (χ1n) is 9.57. The molecule has 0 aliphatic rings. The zero-order chi connectivity index (χ0) is 21.5. The summed E-state index contributed by atoms with van der Waals surface area (Å²) >= 11 is 0. The fourth-order valence-corrected chi connectivity index (χ4v) is 2.88. The summed E-state index contributed by atoms with van der Waals surface area (Å²) in [7, 11) is 0. The number of ether oxygens (including phenoxy) is 2. The predicted octanol–water partition coefficient (Wildman–Crippen LogP) is 3.65. The molecule has 0 aliphatic heterocycles. The highest BCUT2D eigenvalue weighted by Gasteiger charge is 2.17. The fraction of sp³-hybridized carbons (Fsp3) is 0.261. The molecule has 1 heterocycles. The van der Waals surface area contributed by atoms with Crippen molar-refractivity contribution in [1.29, 1.82) is 0 Å². The third-order valence-electron chi connectivity index (χ3n) is 4.73. The number of amides is 1. The molecular weight excluding hydrogens is 384 g/mol. The molecule has 1 aromatic heterocycles. The molecule has 0 spiro atoms. The predicted molar refractivity (Wildman–Crippen MR) is 110 cm³/mol. The second-order valence-electron chi connectivity index (χ2n) is 6.87. The summed E-state index contributed by atoms with van der Waals surface area (Å²) < 4.78 is 16.1. The van der Waals surface area contributed by atoms with Gasteiger partial charge >= 0.3 is 5.97 Å². The summed E-state index contributed by atoms with van der Waals surface area (Å²) in [5, 5.41) is 6.64. The summed E-state index contributed by atoms with van der Waals surface area (Å²) in [5.74, 6) is 0.0248. The number of nitrogens with one attached hydrogen (secondary N) is 1. The molecule has 0 radical (unpaired) electrons. The molecule has 7 heteroatoms. The average molecular weight is 408 g/mol. The van der Waals surface area contributed by atoms with Gasteiger partial charge in [-0.25, -0.2) is 4.79 Å². The lowest BCUT2D eigenvalue weighted by Gasteiger charge is -2.12. The Morgan fingerprint density at radius 2 is 1.77 bits per heavy atom. The fourth-order valence-electron chi connectivity index (χ4n) is 2.88. The molecule has 0 saturated carbocycles. The Labute approximate surface area is 175 Å². The molecule has 3 aromatic rings. The van der Waals surface area contributed by atoms with Crippen molar-refractivity contribution < 1.29 is 23.6 Å². The summed E-state index contributed by atoms with van der Waals surface area (Å²) in [6.45, 7) is 5.81. The quantitative estimate of drug-likeness (QED) is 0.572. The van der Waals surface area contributed by atoms with E-state index in [1.54, 1.807) is 31.2 Å². The van der Waals surface area contributed by atoms with Crippen molar-refractivity contribution >= 4 is 11.9 Å². The molecule has 0 fully saturated rings. The number of aromatic nitrogens is 1. The van der Waals surface area contributed by atoms with Crippen molar-refractivity contribution in [1.82, 2.24) is 10.5 Å². The van der Waals surface area contributed by atoms with Gasteiger partial charge in [0.05, 0.1) is 11.3 Å². The number of carbonyl (C=O) groups is 2. The Kier molecular flexibility index (Phi) is 6.85. The van der Waals surface area contributed by atoms with Gasteiger partial charge in [-0.15, -0.1) is 0 Å². The van der Waals surface area contributed by atoms with E-state index in [1.165, 1.54) is 0 Å². The minimum absolute atomic E-state index is 0.211. The first kappa shape index (κ1) is 21.1. The van der Waals surface area contributed by atoms with Crippen LogP contribution >= 0.6 is 0 Å². The molecule has 2 aromatic carbocycles. The molecule has 7 nitrogen and oxygen atoms in total. The molecule has 156 valence electrons. The third kappa shape index (κ3) is 5.26. The number of nitrogens with zero attached hydrogens (tertiary/aromatic N) is 1. The van der Waals surface area contributed by atoms with E-state index in [2.05, 4.69) is 10.5 Å². The maximum atomic E-state index is 12.5. The third-order valence-corrected chi connectivity index (χ3v) is 4.73. The molecule has 0 bridgehead atoms. The normalized spacial score (nSPS) is 10.5. The van der Waals surface area contributed by atoms with Gasteiger partial charge in [0.25, 0.3) is 5.91 Å². The van der Waals surface area contributed by atoms with Crippen LogP contribution in [0.5, 0.6) is 5.75 Å². The van der Waals surface area contributed by atoms with Crippen LogP contribution in [0.3, 0.4) is 0 Å². The lowest BCUT2D eigenvalue weighted by molar-refractivity contribution is -0.124. The standard InChI is InChI=1S/C23H24N2O5/c1-15-8-4-5-9-18(15)12-24-22(26)14-29-23(27)19-10-6-7-11-21(19)28-13-20-16(2)25-30-17(20)3/h4-11H,12-14H2,1-3H3,(H,24,26). The highest BCUT2D eigenvalue weighted by atomic mass is 16.5. The highest BCUT2D eigenvalue weighted by molar-refractivity contribution is 5.94. The number of rotatable bonds is 8. The van der Waals surface area contributed by atoms with E-state index in [-0.39, 0.29) is 24.7 Å². The Morgan fingerprint density at radius 3 is 2.50 bits per heavy atom. The monoisotopic (exact) mass is 408 g/mol. The minimum atomic E-state index is -0.629. The van der Waals surface area contributed by atoms with E-state index < -0.39 is 5.97 Å². The van der Waals surface area contributed by atoms with Crippen molar-refractivity contribution in [3.05, 3.63) is 82.2 Å². The second kappa shape index (κ2) is 9.73. The number of hydrogen-bond acceptors (Lipinski definition) is 6. The van der Waals surface area contributed by atoms with Gasteiger partial charge < -0.3 is 19.3 Å². The van der Waals surface area contributed by atoms with Crippen LogP contribution < -0.4 is 10.1 Å². The van der Waals surface area contributed by atoms with Gasteiger partial charge in [-0.3, -0.25) is 4.79 Å². The summed E-state index contributed by atoms with van der Waals surface area (Å²) in [6.07, 6.45) is 0. The first-order valence-corrected chi connectivity index (χ1v) is 9.57. The SMILES string of the molecule is Cc1ccccc1CNC(=O)COC(=O)c1ccccc1OCc1c(C)noc1C. The number of esters is 1. The maximum absolute atomic E-state index is 12.5. The Hall–Kier alpha value is -3.61. The van der Waals surface area contributed by atoms with Crippen LogP contribution in [0.2, 0.25) is 0 Å². The van der Waals surface area contributed by atoms with Crippen LogP contribution in [0.4, 0.5) is 0 Å². The smallest absolute Gasteiger partial charge is 0.342 e. The molecule has 1 amide bonds. The van der Waals surface area contributed by atoms with E-state index in [0.717, 1.165) is 22.4 Å². The number of hydrogen-bond donors (Lipinski definition) is 1. The average Bonchev–Trinajstić information content (AvgIpc) is 3.07. The zero-order valence-electron chi connectivity index (χ0n) is 17.2. The van der Waals surface area contributed by atoms with Crippen LogP contribution in [0.1, 0.15) is 38.5 Å². The number of aryl methyl sites for hydroxylation is 3. The molecule has 3 rings (SSSR count). The Bertz CT molecular complexity index is 1020. The van der Waals surface area contributed by atoms with Crippen LogP contribution in [-0.4, -0.2) is 23.6 Å². The largest absolute Gasteiger partial charge is 0.488 e. The van der Waals surface area contributed by atoms with Gasteiger partial charge in [0.15, 0.2) is 6.61 Å². The molecule has 0 unspecified atom stereocenters. The Balaban J connectivity index is 1.55. The topological polar surface area (TPSA) is 90.7 Å². The van der Waals surface area contributed by atoms with Gasteiger partial charge in [-0.05, 0) is 44.0 Å². The van der Waals surface area contributed by atoms with Crippen molar-refractivity contribution in [2.24, 2.45) is 0 Å². The van der Waals surface area contributed by atoms with E-state index in [4.69, 9.17) is 14.0 Å². The van der Waals surface area contributed by atoms with E-state index in [1.807, 2.05) is 38.1 Å². The molecule has 0 aliphatic carbocycles. The van der Waals surface area contributed by atoms with Crippen molar-refractivity contribution in [3.8, 4) is 5.75 Å².